The SMILES string of the molecule is c1ccc(-c2nc(-c3ccccc3)nc(-n3c4ccc(-c5ccc6sc7ccc(-c8ccc9c(c8)c8cc%10sc%11ccccc%11c%10cc8n9-c8ccccc8)cc7c6c5)cc4c4cc5c(cc43)c3ccccc3n5-c3ccccc3)n2)cc1. The Hall–Kier alpha value is -10.5. The molecule has 18 aromatic rings. The van der Waals surface area contributed by atoms with Crippen molar-refractivity contribution in [2.75, 3.05) is 0 Å². The first-order valence-electron chi connectivity index (χ1n) is 28.0. The lowest BCUT2D eigenvalue weighted by atomic mass is 9.98. The molecule has 12 aromatic carbocycles. The summed E-state index contributed by atoms with van der Waals surface area (Å²) < 4.78 is 12.3. The average molecular weight is 1090 g/mol. The maximum Gasteiger partial charge on any atom is 0.238 e. The van der Waals surface area contributed by atoms with Crippen molar-refractivity contribution in [1.82, 2.24) is 28.7 Å². The number of aromatic nitrogens is 6. The number of hydrogen-bond acceptors (Lipinski definition) is 5. The summed E-state index contributed by atoms with van der Waals surface area (Å²) in [6.45, 7) is 0. The van der Waals surface area contributed by atoms with Gasteiger partial charge in [-0.25, -0.2) is 4.98 Å². The van der Waals surface area contributed by atoms with Crippen LogP contribution in [0, 0.1) is 0 Å². The summed E-state index contributed by atoms with van der Waals surface area (Å²) in [6.07, 6.45) is 0. The highest BCUT2D eigenvalue weighted by molar-refractivity contribution is 7.26. The zero-order valence-electron chi connectivity index (χ0n) is 44.4. The van der Waals surface area contributed by atoms with Crippen LogP contribution in [0.3, 0.4) is 0 Å². The Bertz CT molecular complexity index is 5620. The smallest absolute Gasteiger partial charge is 0.238 e. The highest BCUT2D eigenvalue weighted by atomic mass is 32.1. The Balaban J connectivity index is 0.821. The molecular weight excluding hydrogens is 1050 g/mol. The van der Waals surface area contributed by atoms with E-state index < -0.39 is 0 Å². The van der Waals surface area contributed by atoms with Gasteiger partial charge in [0, 0.05) is 95.2 Å². The number of hydrogen-bond donors (Lipinski definition) is 0. The topological polar surface area (TPSA) is 53.5 Å². The normalized spacial score (nSPS) is 12.1. The van der Waals surface area contributed by atoms with Crippen LogP contribution in [-0.2, 0) is 0 Å². The van der Waals surface area contributed by atoms with Crippen molar-refractivity contribution in [2.24, 2.45) is 0 Å². The Labute approximate surface area is 483 Å². The summed E-state index contributed by atoms with van der Waals surface area (Å²) in [5.41, 5.74) is 15.6. The fourth-order valence-corrected chi connectivity index (χ4v) is 15.2. The molecule has 0 spiro atoms. The van der Waals surface area contributed by atoms with E-state index in [-0.39, 0.29) is 0 Å². The van der Waals surface area contributed by atoms with Gasteiger partial charge in [0.15, 0.2) is 11.6 Å². The highest BCUT2D eigenvalue weighted by Crippen LogP contribution is 2.45. The Morgan fingerprint density at radius 3 is 1.17 bits per heavy atom. The molecule has 0 unspecified atom stereocenters. The van der Waals surface area contributed by atoms with Crippen molar-refractivity contribution in [3.63, 3.8) is 0 Å². The third-order valence-electron chi connectivity index (χ3n) is 16.9. The van der Waals surface area contributed by atoms with Gasteiger partial charge in [-0.3, -0.25) is 4.57 Å². The molecule has 0 saturated carbocycles. The molecule has 386 valence electrons. The number of thiophene rings is 2. The molecule has 0 N–H and O–H groups in total. The molecule has 0 amide bonds. The number of rotatable bonds is 7. The lowest BCUT2D eigenvalue weighted by molar-refractivity contribution is 0.954. The van der Waals surface area contributed by atoms with Crippen LogP contribution >= 0.6 is 22.7 Å². The summed E-state index contributed by atoms with van der Waals surface area (Å²) in [5.74, 6) is 1.80. The second kappa shape index (κ2) is 18.0. The molecule has 0 aliphatic carbocycles. The van der Waals surface area contributed by atoms with Gasteiger partial charge in [0.05, 0.1) is 33.1 Å². The Kier molecular flexibility index (Phi) is 10.0. The maximum atomic E-state index is 5.33. The quantitative estimate of drug-likeness (QED) is 0.160. The van der Waals surface area contributed by atoms with Crippen molar-refractivity contribution in [2.45, 2.75) is 0 Å². The standard InChI is InChI=1S/C75H44N6S2/c1-5-17-45(18-6-1)73-76-74(46-19-7-2-8-20-46)78-75(77-73)81-65-34-30-48(37-55(65)58-42-66-57(41-68(58)81)53-25-13-15-27-63(53)79(66)51-21-9-3-10-22-51)50-32-36-71-61(40-50)60-39-49(31-35-70(60)82-71)47-29-33-64-56(38-47)59-44-72-62(54-26-14-16-28-69(54)83-72)43-67(59)80(64)52-23-11-4-12-24-52/h1-44H. The Morgan fingerprint density at radius 2 is 0.590 bits per heavy atom. The number of para-hydroxylation sites is 3. The molecule has 18 rings (SSSR count). The van der Waals surface area contributed by atoms with E-state index >= 15 is 0 Å². The van der Waals surface area contributed by atoms with E-state index in [0.717, 1.165) is 71.9 Å². The van der Waals surface area contributed by atoms with E-state index in [4.69, 9.17) is 15.0 Å². The van der Waals surface area contributed by atoms with E-state index in [9.17, 15) is 0 Å². The fraction of sp³-hybridized carbons (Fsp3) is 0. The predicted molar refractivity (Wildman–Crippen MR) is 350 cm³/mol. The van der Waals surface area contributed by atoms with Gasteiger partial charge < -0.3 is 9.13 Å². The van der Waals surface area contributed by atoms with E-state index in [1.165, 1.54) is 78.7 Å². The second-order valence-electron chi connectivity index (χ2n) is 21.5. The van der Waals surface area contributed by atoms with Crippen LogP contribution in [-0.4, -0.2) is 28.7 Å². The van der Waals surface area contributed by atoms with E-state index in [2.05, 4.69) is 244 Å². The minimum absolute atomic E-state index is 0.563. The van der Waals surface area contributed by atoms with Gasteiger partial charge in [-0.2, -0.15) is 9.97 Å². The van der Waals surface area contributed by atoms with Gasteiger partial charge in [-0.15, -0.1) is 22.7 Å². The first-order valence-corrected chi connectivity index (χ1v) is 29.6. The summed E-state index contributed by atoms with van der Waals surface area (Å²) in [7, 11) is 0. The lowest BCUT2D eigenvalue weighted by Gasteiger charge is -2.11. The van der Waals surface area contributed by atoms with Crippen molar-refractivity contribution in [3.05, 3.63) is 267 Å². The molecule has 83 heavy (non-hydrogen) atoms. The van der Waals surface area contributed by atoms with E-state index in [1.807, 2.05) is 59.1 Å². The van der Waals surface area contributed by atoms with E-state index in [0.29, 0.717) is 17.6 Å². The largest absolute Gasteiger partial charge is 0.309 e. The first-order chi connectivity index (χ1) is 41.1. The van der Waals surface area contributed by atoms with Gasteiger partial charge in [-0.1, -0.05) is 158 Å². The van der Waals surface area contributed by atoms with E-state index in [1.54, 1.807) is 0 Å². The molecule has 0 saturated heterocycles. The van der Waals surface area contributed by atoms with Crippen molar-refractivity contribution < 1.29 is 0 Å². The van der Waals surface area contributed by atoms with Crippen LogP contribution < -0.4 is 0 Å². The van der Waals surface area contributed by atoms with Crippen molar-refractivity contribution in [1.29, 1.82) is 0 Å². The van der Waals surface area contributed by atoms with Crippen LogP contribution in [0.15, 0.2) is 267 Å². The fourth-order valence-electron chi connectivity index (χ4n) is 13.0. The molecule has 0 atom stereocenters. The van der Waals surface area contributed by atoms with Crippen molar-refractivity contribution in [3.8, 4) is 62.4 Å². The lowest BCUT2D eigenvalue weighted by Crippen LogP contribution is -2.06. The number of fused-ring (bicyclic) bond motifs is 15. The van der Waals surface area contributed by atoms with Gasteiger partial charge in [0.25, 0.3) is 0 Å². The van der Waals surface area contributed by atoms with Gasteiger partial charge in [0.1, 0.15) is 0 Å². The first kappa shape index (κ1) is 46.3. The molecular formula is C75H44N6S2. The number of benzene rings is 12. The molecule has 0 aliphatic rings. The summed E-state index contributed by atoms with van der Waals surface area (Å²) >= 11 is 3.73. The molecule has 0 aliphatic heterocycles. The second-order valence-corrected chi connectivity index (χ2v) is 23.7. The van der Waals surface area contributed by atoms with Crippen molar-refractivity contribution >= 4 is 128 Å². The van der Waals surface area contributed by atoms with Crippen LogP contribution in [0.25, 0.3) is 168 Å². The molecule has 0 bridgehead atoms. The summed E-state index contributed by atoms with van der Waals surface area (Å²) in [4.78, 5) is 15.8. The van der Waals surface area contributed by atoms with Crippen LogP contribution in [0.1, 0.15) is 0 Å². The van der Waals surface area contributed by atoms with Gasteiger partial charge >= 0.3 is 0 Å². The zero-order valence-corrected chi connectivity index (χ0v) is 46.0. The highest BCUT2D eigenvalue weighted by Gasteiger charge is 2.23. The average Bonchev–Trinajstić information content (AvgIpc) is 4.20. The third-order valence-corrected chi connectivity index (χ3v) is 19.2. The maximum absolute atomic E-state index is 5.33. The van der Waals surface area contributed by atoms with Crippen LogP contribution in [0.5, 0.6) is 0 Å². The van der Waals surface area contributed by atoms with Crippen LogP contribution in [0.4, 0.5) is 0 Å². The third kappa shape index (κ3) is 7.17. The molecule has 6 heterocycles. The monoisotopic (exact) mass is 1090 g/mol. The van der Waals surface area contributed by atoms with Gasteiger partial charge in [0.2, 0.25) is 5.95 Å². The molecule has 6 nitrogen and oxygen atoms in total. The molecule has 6 aromatic heterocycles. The molecule has 0 fully saturated rings. The minimum atomic E-state index is 0.563. The molecule has 8 heteroatoms. The predicted octanol–water partition coefficient (Wildman–Crippen LogP) is 20.6. The summed E-state index contributed by atoms with van der Waals surface area (Å²) in [6, 6.07) is 97.0. The van der Waals surface area contributed by atoms with Gasteiger partial charge in [-0.05, 0) is 131 Å². The summed E-state index contributed by atoms with van der Waals surface area (Å²) in [5, 5.41) is 12.2. The van der Waals surface area contributed by atoms with Crippen LogP contribution in [0.2, 0.25) is 0 Å². The molecule has 0 radical (unpaired) electrons. The Morgan fingerprint density at radius 1 is 0.217 bits per heavy atom. The zero-order chi connectivity index (χ0) is 54.3. The number of nitrogens with zero attached hydrogens (tertiary/aromatic N) is 6. The minimum Gasteiger partial charge on any atom is -0.309 e.